The van der Waals surface area contributed by atoms with Crippen molar-refractivity contribution in [2.24, 2.45) is 0 Å². The van der Waals surface area contributed by atoms with Gasteiger partial charge < -0.3 is 8.85 Å². The summed E-state index contributed by atoms with van der Waals surface area (Å²) in [5.74, 6) is 0. The lowest BCUT2D eigenvalue weighted by molar-refractivity contribution is 0.0851. The van der Waals surface area contributed by atoms with Crippen molar-refractivity contribution < 1.29 is 8.85 Å². The van der Waals surface area contributed by atoms with Crippen molar-refractivity contribution in [3.05, 3.63) is 0 Å². The quantitative estimate of drug-likeness (QED) is 0.316. The molecule has 0 aromatic heterocycles. The van der Waals surface area contributed by atoms with E-state index in [2.05, 4.69) is 82.7 Å². The van der Waals surface area contributed by atoms with Crippen LogP contribution in [0.3, 0.4) is 0 Å². The average molecular weight is 361 g/mol. The Bertz CT molecular complexity index is 340. The fraction of sp³-hybridized carbons (Fsp3) is 1.00. The molecule has 0 amide bonds. The molecule has 1 unspecified atom stereocenters. The van der Waals surface area contributed by atoms with Gasteiger partial charge in [-0.2, -0.15) is 0 Å². The van der Waals surface area contributed by atoms with Gasteiger partial charge in [0.15, 0.2) is 0 Å². The summed E-state index contributed by atoms with van der Waals surface area (Å²) in [5, 5.41) is 0.223. The van der Waals surface area contributed by atoms with E-state index < -0.39 is 16.6 Å². The smallest absolute Gasteiger partial charge is 0.203 e. The molecule has 0 heterocycles. The summed E-state index contributed by atoms with van der Waals surface area (Å²) in [4.78, 5) is 0. The maximum atomic E-state index is 6.70. The van der Waals surface area contributed by atoms with Gasteiger partial charge in [0.25, 0.3) is 0 Å². The number of hydrogen-bond donors (Lipinski definition) is 0. The predicted octanol–water partition coefficient (Wildman–Crippen LogP) is 7.33. The monoisotopic (exact) mass is 360 g/mol. The molecule has 0 aliphatic rings. The zero-order valence-corrected chi connectivity index (χ0v) is 20.0. The lowest BCUT2D eigenvalue weighted by atomic mass is 10.2. The predicted molar refractivity (Wildman–Crippen MR) is 109 cm³/mol. The van der Waals surface area contributed by atoms with Gasteiger partial charge in [0, 0.05) is 0 Å². The largest absolute Gasteiger partial charge is 0.395 e. The molecule has 0 aromatic rings. The third-order valence-electron chi connectivity index (χ3n) is 6.45. The second-order valence-electron chi connectivity index (χ2n) is 9.39. The molecule has 0 fully saturated rings. The van der Waals surface area contributed by atoms with Crippen LogP contribution in [0, 0.1) is 0 Å². The van der Waals surface area contributed by atoms with Crippen LogP contribution < -0.4 is 0 Å². The molecule has 2 nitrogen and oxygen atoms in total. The van der Waals surface area contributed by atoms with Gasteiger partial charge in [-0.05, 0) is 33.7 Å². The first-order valence-corrected chi connectivity index (χ1v) is 14.2. The topological polar surface area (TPSA) is 18.5 Å². The molecule has 0 aliphatic carbocycles. The molecule has 2 atom stereocenters. The molecule has 0 spiro atoms. The highest BCUT2D eigenvalue weighted by Crippen LogP contribution is 2.46. The molecule has 0 N–H and O–H groups in total. The van der Waals surface area contributed by atoms with Crippen LogP contribution in [-0.2, 0) is 8.85 Å². The Kier molecular flexibility index (Phi) is 8.77. The Morgan fingerprint density at radius 1 is 0.783 bits per heavy atom. The van der Waals surface area contributed by atoms with Crippen LogP contribution in [0.25, 0.3) is 0 Å². The molecule has 0 aromatic carbocycles. The normalized spacial score (nSPS) is 17.9. The van der Waals surface area contributed by atoms with E-state index in [-0.39, 0.29) is 5.04 Å². The lowest BCUT2D eigenvalue weighted by Crippen LogP contribution is -2.52. The molecule has 0 bridgehead atoms. The maximum absolute atomic E-state index is 6.70. The molecule has 140 valence electrons. The molecule has 0 rings (SSSR count). The molecular formula is C19H44O2Si2. The summed E-state index contributed by atoms with van der Waals surface area (Å²) < 4.78 is 13.3. The van der Waals surface area contributed by atoms with Gasteiger partial charge in [0.2, 0.25) is 16.6 Å². The van der Waals surface area contributed by atoms with Crippen LogP contribution in [-0.4, -0.2) is 23.4 Å². The molecular weight excluding hydrogens is 316 g/mol. The summed E-state index contributed by atoms with van der Waals surface area (Å²) in [6.07, 6.45) is 1.20. The second kappa shape index (κ2) is 8.64. The summed E-state index contributed by atoms with van der Waals surface area (Å²) in [6, 6.07) is 0. The van der Waals surface area contributed by atoms with Crippen molar-refractivity contribution in [3.63, 3.8) is 0 Å². The van der Waals surface area contributed by atoms with Crippen molar-refractivity contribution in [1.82, 2.24) is 0 Å². The highest BCUT2D eigenvalue weighted by atomic mass is 28.4. The fourth-order valence-corrected chi connectivity index (χ4v) is 12.5. The van der Waals surface area contributed by atoms with E-state index in [4.69, 9.17) is 8.85 Å². The minimum absolute atomic E-state index is 0.223. The van der Waals surface area contributed by atoms with Crippen LogP contribution in [0.1, 0.15) is 82.6 Å². The minimum atomic E-state index is -1.85. The van der Waals surface area contributed by atoms with Gasteiger partial charge in [-0.1, -0.05) is 82.6 Å². The Morgan fingerprint density at radius 2 is 1.22 bits per heavy atom. The van der Waals surface area contributed by atoms with Crippen LogP contribution in [0.15, 0.2) is 0 Å². The van der Waals surface area contributed by atoms with Crippen molar-refractivity contribution in [2.45, 2.75) is 116 Å². The molecule has 0 saturated heterocycles. The van der Waals surface area contributed by atoms with E-state index in [9.17, 15) is 0 Å². The summed E-state index contributed by atoms with van der Waals surface area (Å²) in [7, 11) is -3.70. The van der Waals surface area contributed by atoms with Crippen LogP contribution in [0.4, 0.5) is 0 Å². The van der Waals surface area contributed by atoms with Gasteiger partial charge in [0.05, 0.1) is 0 Å². The molecule has 0 aliphatic heterocycles. The number of hydrogen-bond acceptors (Lipinski definition) is 2. The maximum Gasteiger partial charge on any atom is 0.203 e. The van der Waals surface area contributed by atoms with Crippen LogP contribution >= 0.6 is 0 Å². The van der Waals surface area contributed by atoms with Gasteiger partial charge in [-0.15, -0.1) is 0 Å². The van der Waals surface area contributed by atoms with Crippen molar-refractivity contribution in [2.75, 3.05) is 6.79 Å². The third-order valence-corrected chi connectivity index (χ3v) is 18.5. The van der Waals surface area contributed by atoms with E-state index in [1.54, 1.807) is 0 Å². The molecule has 23 heavy (non-hydrogen) atoms. The SMILES string of the molecule is CCC(C)[Si](OCO[Si@@](C)(C(C)C)C(C)(C)C)(C(C)C)C(C)C. The van der Waals surface area contributed by atoms with Crippen LogP contribution in [0.5, 0.6) is 0 Å². The van der Waals surface area contributed by atoms with Crippen molar-refractivity contribution in [3.8, 4) is 0 Å². The Hall–Kier alpha value is 0.354. The van der Waals surface area contributed by atoms with Gasteiger partial charge >= 0.3 is 0 Å². The van der Waals surface area contributed by atoms with Gasteiger partial charge in [0.1, 0.15) is 6.79 Å². The van der Waals surface area contributed by atoms with E-state index in [1.807, 2.05) is 0 Å². The summed E-state index contributed by atoms with van der Waals surface area (Å²) in [5.41, 5.74) is 2.47. The minimum Gasteiger partial charge on any atom is -0.395 e. The van der Waals surface area contributed by atoms with E-state index in [0.717, 1.165) is 0 Å². The lowest BCUT2D eigenvalue weighted by Gasteiger charge is -2.46. The van der Waals surface area contributed by atoms with Crippen molar-refractivity contribution >= 4 is 16.6 Å². The van der Waals surface area contributed by atoms with E-state index >= 15 is 0 Å². The highest BCUT2D eigenvalue weighted by Gasteiger charge is 2.48. The third kappa shape index (κ3) is 4.93. The fourth-order valence-electron chi connectivity index (χ4n) is 4.10. The van der Waals surface area contributed by atoms with E-state index in [1.165, 1.54) is 6.42 Å². The second-order valence-corrected chi connectivity index (χ2v) is 19.8. The Morgan fingerprint density at radius 3 is 1.48 bits per heavy atom. The average Bonchev–Trinajstić information content (AvgIpc) is 2.40. The van der Waals surface area contributed by atoms with Gasteiger partial charge in [-0.3, -0.25) is 0 Å². The number of rotatable bonds is 9. The first kappa shape index (κ1) is 23.4. The molecule has 4 heteroatoms. The summed E-state index contributed by atoms with van der Waals surface area (Å²) in [6.45, 7) is 28.5. The Balaban J connectivity index is 5.29. The molecule has 0 saturated carbocycles. The van der Waals surface area contributed by atoms with Gasteiger partial charge in [-0.25, -0.2) is 0 Å². The zero-order chi connectivity index (χ0) is 18.6. The Labute approximate surface area is 149 Å². The van der Waals surface area contributed by atoms with E-state index in [0.29, 0.717) is 29.0 Å². The van der Waals surface area contributed by atoms with Crippen molar-refractivity contribution in [1.29, 1.82) is 0 Å². The zero-order valence-electron chi connectivity index (χ0n) is 18.0. The first-order valence-electron chi connectivity index (χ1n) is 9.55. The highest BCUT2D eigenvalue weighted by molar-refractivity contribution is 6.78. The summed E-state index contributed by atoms with van der Waals surface area (Å²) >= 11 is 0. The first-order chi connectivity index (χ1) is 10.3. The standard InChI is InChI=1S/C19H44O2Si2/c1-13-18(8)23(16(4)5,17(6)7)21-14-20-22(12,15(2)3)19(9,10)11/h15-18H,13-14H2,1-12H3/t18?,22-/m0/s1. The molecule has 0 radical (unpaired) electrons. The van der Waals surface area contributed by atoms with Crippen LogP contribution in [0.2, 0.25) is 33.7 Å².